The fourth-order valence-corrected chi connectivity index (χ4v) is 3.29. The van der Waals surface area contributed by atoms with Crippen LogP contribution in [0.15, 0.2) is 24.3 Å². The highest BCUT2D eigenvalue weighted by Crippen LogP contribution is 2.11. The Morgan fingerprint density at radius 3 is 2.39 bits per heavy atom. The van der Waals surface area contributed by atoms with Crippen molar-refractivity contribution in [1.29, 1.82) is 0 Å². The molecule has 0 aliphatic rings. The first-order valence-electron chi connectivity index (χ1n) is 7.64. The van der Waals surface area contributed by atoms with E-state index in [0.717, 1.165) is 17.6 Å². The molecule has 23 heavy (non-hydrogen) atoms. The van der Waals surface area contributed by atoms with Gasteiger partial charge in [-0.05, 0) is 37.5 Å². The summed E-state index contributed by atoms with van der Waals surface area (Å²) in [6.07, 6.45) is 2.47. The van der Waals surface area contributed by atoms with Gasteiger partial charge in [0.2, 0.25) is 15.9 Å². The van der Waals surface area contributed by atoms with Gasteiger partial charge in [-0.1, -0.05) is 19.1 Å². The lowest BCUT2D eigenvalue weighted by molar-refractivity contribution is -0.121. The zero-order valence-corrected chi connectivity index (χ0v) is 15.0. The van der Waals surface area contributed by atoms with E-state index in [0.29, 0.717) is 19.4 Å². The smallest absolute Gasteiger partial charge is 0.235 e. The molecule has 0 saturated carbocycles. The Hall–Kier alpha value is -1.60. The number of carbonyl (C=O) groups excluding carboxylic acids is 1. The van der Waals surface area contributed by atoms with Gasteiger partial charge in [-0.25, -0.2) is 8.42 Å². The maximum Gasteiger partial charge on any atom is 0.235 e. The average Bonchev–Trinajstić information content (AvgIpc) is 2.51. The number of amides is 1. The maximum atomic E-state index is 12.0. The lowest BCUT2D eigenvalue weighted by Crippen LogP contribution is -2.44. The van der Waals surface area contributed by atoms with Crippen LogP contribution in [0.25, 0.3) is 0 Å². The number of hydrogen-bond donors (Lipinski definition) is 1. The van der Waals surface area contributed by atoms with Crippen LogP contribution in [0.5, 0.6) is 5.75 Å². The van der Waals surface area contributed by atoms with Crippen LogP contribution in [0.3, 0.4) is 0 Å². The summed E-state index contributed by atoms with van der Waals surface area (Å²) in [5, 5.41) is 2.76. The predicted octanol–water partition coefficient (Wildman–Crippen LogP) is 1.41. The minimum Gasteiger partial charge on any atom is -0.497 e. The summed E-state index contributed by atoms with van der Waals surface area (Å²) in [7, 11) is -1.79. The first kappa shape index (κ1) is 19.4. The summed E-state index contributed by atoms with van der Waals surface area (Å²) in [4.78, 5) is 12.0. The molecule has 1 aromatic carbocycles. The number of rotatable bonds is 9. The second-order valence-corrected chi connectivity index (χ2v) is 7.45. The highest BCUT2D eigenvalue weighted by molar-refractivity contribution is 7.88. The topological polar surface area (TPSA) is 75.7 Å². The van der Waals surface area contributed by atoms with E-state index < -0.39 is 10.0 Å². The molecule has 0 heterocycles. The molecule has 1 N–H and O–H groups in total. The van der Waals surface area contributed by atoms with Gasteiger partial charge in [0.05, 0.1) is 19.9 Å². The first-order chi connectivity index (χ1) is 10.8. The molecule has 1 amide bonds. The lowest BCUT2D eigenvalue weighted by atomic mass is 10.1. The molecular weight excluding hydrogens is 316 g/mol. The molecule has 0 aliphatic carbocycles. The summed E-state index contributed by atoms with van der Waals surface area (Å²) >= 11 is 0. The molecule has 1 unspecified atom stereocenters. The fourth-order valence-electron chi connectivity index (χ4n) is 2.14. The van der Waals surface area contributed by atoms with Gasteiger partial charge in [-0.3, -0.25) is 4.79 Å². The van der Waals surface area contributed by atoms with Gasteiger partial charge in [0.15, 0.2) is 0 Å². The minimum atomic E-state index is -3.40. The first-order valence-corrected chi connectivity index (χ1v) is 9.49. The zero-order chi connectivity index (χ0) is 17.5. The SMILES string of the molecule is CCC(C)N(CC(=O)NCCc1ccc(OC)cc1)S(C)(=O)=O. The summed E-state index contributed by atoms with van der Waals surface area (Å²) in [6, 6.07) is 7.41. The number of nitrogens with one attached hydrogen (secondary N) is 1. The van der Waals surface area contributed by atoms with Gasteiger partial charge in [-0.15, -0.1) is 0 Å². The predicted molar refractivity (Wildman–Crippen MR) is 91.0 cm³/mol. The van der Waals surface area contributed by atoms with Crippen LogP contribution in [-0.4, -0.2) is 51.1 Å². The van der Waals surface area contributed by atoms with Crippen molar-refractivity contribution in [3.8, 4) is 5.75 Å². The zero-order valence-electron chi connectivity index (χ0n) is 14.2. The molecule has 1 aromatic rings. The van der Waals surface area contributed by atoms with E-state index in [9.17, 15) is 13.2 Å². The number of sulfonamides is 1. The molecule has 0 bridgehead atoms. The number of nitrogens with zero attached hydrogens (tertiary/aromatic N) is 1. The number of ether oxygens (including phenoxy) is 1. The molecule has 0 radical (unpaired) electrons. The van der Waals surface area contributed by atoms with Crippen LogP contribution in [0.2, 0.25) is 0 Å². The van der Waals surface area contributed by atoms with E-state index in [1.54, 1.807) is 14.0 Å². The Morgan fingerprint density at radius 1 is 1.30 bits per heavy atom. The second kappa shape index (κ2) is 8.88. The van der Waals surface area contributed by atoms with Gasteiger partial charge >= 0.3 is 0 Å². The number of hydrogen-bond acceptors (Lipinski definition) is 4. The van der Waals surface area contributed by atoms with Crippen molar-refractivity contribution < 1.29 is 17.9 Å². The third kappa shape index (κ3) is 6.58. The number of carbonyl (C=O) groups is 1. The molecule has 0 aliphatic heterocycles. The Kier molecular flexibility index (Phi) is 7.51. The number of methoxy groups -OCH3 is 1. The molecule has 6 nitrogen and oxygen atoms in total. The van der Waals surface area contributed by atoms with Crippen molar-refractivity contribution >= 4 is 15.9 Å². The van der Waals surface area contributed by atoms with Gasteiger partial charge in [0.1, 0.15) is 5.75 Å². The van der Waals surface area contributed by atoms with Gasteiger partial charge in [0, 0.05) is 12.6 Å². The molecular formula is C16H26N2O4S. The standard InChI is InChI=1S/C16H26N2O4S/c1-5-13(2)18(23(4,20)21)12-16(19)17-11-10-14-6-8-15(22-3)9-7-14/h6-9,13H,5,10-12H2,1-4H3,(H,17,19). The van der Waals surface area contributed by atoms with Crippen molar-refractivity contribution in [3.63, 3.8) is 0 Å². The Morgan fingerprint density at radius 2 is 1.91 bits per heavy atom. The van der Waals surface area contributed by atoms with Crippen LogP contribution in [0.4, 0.5) is 0 Å². The molecule has 0 spiro atoms. The third-order valence-corrected chi connectivity index (χ3v) is 5.04. The van der Waals surface area contributed by atoms with Gasteiger partial charge in [0.25, 0.3) is 0 Å². The quantitative estimate of drug-likeness (QED) is 0.736. The molecule has 1 atom stereocenters. The van der Waals surface area contributed by atoms with Crippen molar-refractivity contribution in [2.24, 2.45) is 0 Å². The van der Waals surface area contributed by atoms with E-state index in [1.807, 2.05) is 31.2 Å². The van der Waals surface area contributed by atoms with Crippen LogP contribution < -0.4 is 10.1 Å². The van der Waals surface area contributed by atoms with E-state index in [2.05, 4.69) is 5.32 Å². The Balaban J connectivity index is 2.49. The molecule has 0 aromatic heterocycles. The van der Waals surface area contributed by atoms with E-state index in [4.69, 9.17) is 4.74 Å². The monoisotopic (exact) mass is 342 g/mol. The Bertz CT molecular complexity index is 599. The third-order valence-electron chi connectivity index (χ3n) is 3.70. The maximum absolute atomic E-state index is 12.0. The minimum absolute atomic E-state index is 0.142. The van der Waals surface area contributed by atoms with Crippen LogP contribution in [0.1, 0.15) is 25.8 Å². The molecule has 1 rings (SSSR count). The number of benzene rings is 1. The molecule has 7 heteroatoms. The van der Waals surface area contributed by atoms with Gasteiger partial charge in [-0.2, -0.15) is 4.31 Å². The normalized spacial score (nSPS) is 12.9. The summed E-state index contributed by atoms with van der Waals surface area (Å²) in [5.41, 5.74) is 1.08. The second-order valence-electron chi connectivity index (χ2n) is 5.51. The lowest BCUT2D eigenvalue weighted by Gasteiger charge is -2.25. The molecule has 0 fully saturated rings. The highest BCUT2D eigenvalue weighted by atomic mass is 32.2. The van der Waals surface area contributed by atoms with Crippen molar-refractivity contribution in [2.45, 2.75) is 32.7 Å². The molecule has 0 saturated heterocycles. The van der Waals surface area contributed by atoms with Crippen molar-refractivity contribution in [2.75, 3.05) is 26.5 Å². The van der Waals surface area contributed by atoms with Crippen LogP contribution in [-0.2, 0) is 21.2 Å². The van der Waals surface area contributed by atoms with Gasteiger partial charge < -0.3 is 10.1 Å². The van der Waals surface area contributed by atoms with Crippen LogP contribution in [0, 0.1) is 0 Å². The fraction of sp³-hybridized carbons (Fsp3) is 0.562. The van der Waals surface area contributed by atoms with Crippen molar-refractivity contribution in [1.82, 2.24) is 9.62 Å². The van der Waals surface area contributed by atoms with Crippen LogP contribution >= 0.6 is 0 Å². The van der Waals surface area contributed by atoms with E-state index in [1.165, 1.54) is 4.31 Å². The Labute approximate surface area is 138 Å². The average molecular weight is 342 g/mol. The summed E-state index contributed by atoms with van der Waals surface area (Å²) in [5.74, 6) is 0.499. The van der Waals surface area contributed by atoms with E-state index >= 15 is 0 Å². The van der Waals surface area contributed by atoms with E-state index in [-0.39, 0.29) is 18.5 Å². The summed E-state index contributed by atoms with van der Waals surface area (Å²) < 4.78 is 29.8. The summed E-state index contributed by atoms with van der Waals surface area (Å²) in [6.45, 7) is 4.01. The highest BCUT2D eigenvalue weighted by Gasteiger charge is 2.24. The molecule has 130 valence electrons. The largest absolute Gasteiger partial charge is 0.497 e. The van der Waals surface area contributed by atoms with Crippen molar-refractivity contribution in [3.05, 3.63) is 29.8 Å².